The first-order valence-electron chi connectivity index (χ1n) is 8.06. The minimum Gasteiger partial charge on any atom is -0.395 e. The first kappa shape index (κ1) is 19.3. The molecule has 0 fully saturated rings. The monoisotopic (exact) mass is 353 g/mol. The van der Waals surface area contributed by atoms with Crippen LogP contribution < -0.4 is 5.32 Å². The van der Waals surface area contributed by atoms with E-state index in [1.807, 2.05) is 26.8 Å². The molecule has 0 saturated heterocycles. The lowest BCUT2D eigenvalue weighted by Crippen LogP contribution is -2.36. The third kappa shape index (κ3) is 4.99. The van der Waals surface area contributed by atoms with E-state index in [1.165, 1.54) is 12.3 Å². The Morgan fingerprint density at radius 2 is 1.88 bits per heavy atom. The van der Waals surface area contributed by atoms with Crippen LogP contribution in [-0.2, 0) is 12.7 Å². The van der Waals surface area contributed by atoms with Crippen LogP contribution >= 0.6 is 0 Å². The zero-order valence-corrected chi connectivity index (χ0v) is 14.4. The van der Waals surface area contributed by atoms with E-state index in [9.17, 15) is 18.3 Å². The molecule has 0 aromatic carbocycles. The fourth-order valence-electron chi connectivity index (χ4n) is 2.36. The summed E-state index contributed by atoms with van der Waals surface area (Å²) in [5.74, 6) is 0.271. The summed E-state index contributed by atoms with van der Waals surface area (Å²) < 4.78 is 37.8. The highest BCUT2D eigenvalue weighted by molar-refractivity contribution is 5.58. The maximum Gasteiger partial charge on any atom is 0.433 e. The van der Waals surface area contributed by atoms with E-state index in [1.54, 1.807) is 6.07 Å². The summed E-state index contributed by atoms with van der Waals surface area (Å²) in [6.45, 7) is 6.44. The number of hydrogen-bond acceptors (Lipinski definition) is 4. The van der Waals surface area contributed by atoms with Crippen molar-refractivity contribution in [2.75, 3.05) is 6.61 Å². The average Bonchev–Trinajstić information content (AvgIpc) is 2.56. The smallest absolute Gasteiger partial charge is 0.395 e. The van der Waals surface area contributed by atoms with Crippen molar-refractivity contribution in [3.63, 3.8) is 0 Å². The van der Waals surface area contributed by atoms with Gasteiger partial charge in [0.05, 0.1) is 18.0 Å². The van der Waals surface area contributed by atoms with E-state index in [0.29, 0.717) is 17.8 Å². The molecule has 0 aliphatic heterocycles. The van der Waals surface area contributed by atoms with Crippen LogP contribution in [0.3, 0.4) is 0 Å². The zero-order chi connectivity index (χ0) is 18.6. The summed E-state index contributed by atoms with van der Waals surface area (Å²) >= 11 is 0. The molecule has 0 radical (unpaired) electrons. The first-order valence-corrected chi connectivity index (χ1v) is 8.06. The highest BCUT2D eigenvalue weighted by atomic mass is 19.4. The number of aliphatic hydroxyl groups is 1. The van der Waals surface area contributed by atoms with Gasteiger partial charge in [0.25, 0.3) is 0 Å². The van der Waals surface area contributed by atoms with Crippen molar-refractivity contribution in [2.45, 2.75) is 39.5 Å². The third-order valence-electron chi connectivity index (χ3n) is 4.08. The highest BCUT2D eigenvalue weighted by Crippen LogP contribution is 2.28. The Morgan fingerprint density at radius 3 is 2.40 bits per heavy atom. The van der Waals surface area contributed by atoms with Crippen LogP contribution in [0.2, 0.25) is 0 Å². The number of hydrogen-bond donors (Lipinski definition) is 2. The Kier molecular flexibility index (Phi) is 6.13. The standard InChI is InChI=1S/C18H22F3N3O/c1-11(2)16(10-25)22-9-15-12(3)4-6-14(24-15)13-5-7-17(23-8-13)18(19,20)21/h4-8,11,16,22,25H,9-10H2,1-3H3/t16-/m0/s1. The second-order valence-corrected chi connectivity index (χ2v) is 6.30. The molecule has 4 nitrogen and oxygen atoms in total. The molecule has 0 aliphatic rings. The molecule has 2 rings (SSSR count). The lowest BCUT2D eigenvalue weighted by Gasteiger charge is -2.20. The van der Waals surface area contributed by atoms with Gasteiger partial charge in [-0.15, -0.1) is 0 Å². The number of rotatable bonds is 6. The van der Waals surface area contributed by atoms with Crippen LogP contribution in [0, 0.1) is 12.8 Å². The fraction of sp³-hybridized carbons (Fsp3) is 0.444. The number of alkyl halides is 3. The molecule has 1 atom stereocenters. The van der Waals surface area contributed by atoms with Gasteiger partial charge in [-0.3, -0.25) is 9.97 Å². The van der Waals surface area contributed by atoms with E-state index >= 15 is 0 Å². The Bertz CT molecular complexity index is 700. The molecule has 0 aliphatic carbocycles. The first-order chi connectivity index (χ1) is 11.7. The number of halogens is 3. The summed E-state index contributed by atoms with van der Waals surface area (Å²) in [4.78, 5) is 8.01. The lowest BCUT2D eigenvalue weighted by atomic mass is 10.0. The van der Waals surface area contributed by atoms with Gasteiger partial charge in [0.1, 0.15) is 5.69 Å². The molecule has 0 amide bonds. The van der Waals surface area contributed by atoms with Crippen molar-refractivity contribution in [3.05, 3.63) is 47.4 Å². The van der Waals surface area contributed by atoms with Gasteiger partial charge >= 0.3 is 6.18 Å². The van der Waals surface area contributed by atoms with Crippen molar-refractivity contribution >= 4 is 0 Å². The number of nitrogens with one attached hydrogen (secondary N) is 1. The van der Waals surface area contributed by atoms with Crippen LogP contribution in [0.5, 0.6) is 0 Å². The minimum atomic E-state index is -4.45. The zero-order valence-electron chi connectivity index (χ0n) is 14.4. The number of aromatic nitrogens is 2. The maximum absolute atomic E-state index is 12.6. The van der Waals surface area contributed by atoms with Crippen molar-refractivity contribution < 1.29 is 18.3 Å². The molecule has 0 spiro atoms. The molecule has 0 bridgehead atoms. The molecule has 2 N–H and O–H groups in total. The largest absolute Gasteiger partial charge is 0.433 e. The normalized spacial score (nSPS) is 13.3. The molecule has 25 heavy (non-hydrogen) atoms. The summed E-state index contributed by atoms with van der Waals surface area (Å²) in [6.07, 6.45) is -3.27. The van der Waals surface area contributed by atoms with Crippen molar-refractivity contribution in [3.8, 4) is 11.3 Å². The van der Waals surface area contributed by atoms with Crippen molar-refractivity contribution in [1.29, 1.82) is 0 Å². The predicted molar refractivity (Wildman–Crippen MR) is 89.8 cm³/mol. The van der Waals surface area contributed by atoms with E-state index in [0.717, 1.165) is 17.3 Å². The summed E-state index contributed by atoms with van der Waals surface area (Å²) in [5, 5.41) is 12.6. The molecule has 0 saturated carbocycles. The van der Waals surface area contributed by atoms with Crippen molar-refractivity contribution in [1.82, 2.24) is 15.3 Å². The highest BCUT2D eigenvalue weighted by Gasteiger charge is 2.32. The molecule has 7 heteroatoms. The van der Waals surface area contributed by atoms with Gasteiger partial charge < -0.3 is 10.4 Å². The second kappa shape index (κ2) is 7.93. The van der Waals surface area contributed by atoms with Crippen LogP contribution in [0.25, 0.3) is 11.3 Å². The number of pyridine rings is 2. The van der Waals surface area contributed by atoms with E-state index in [2.05, 4.69) is 15.3 Å². The van der Waals surface area contributed by atoms with Gasteiger partial charge in [-0.05, 0) is 36.6 Å². The Hall–Kier alpha value is -1.99. The van der Waals surface area contributed by atoms with Crippen molar-refractivity contribution in [2.24, 2.45) is 5.92 Å². The van der Waals surface area contributed by atoms with Crippen LogP contribution in [0.4, 0.5) is 13.2 Å². The summed E-state index contributed by atoms with van der Waals surface area (Å²) in [7, 11) is 0. The van der Waals surface area contributed by atoms with E-state index in [-0.39, 0.29) is 18.6 Å². The molecule has 136 valence electrons. The molecular weight excluding hydrogens is 331 g/mol. The van der Waals surface area contributed by atoms with Gasteiger partial charge in [0, 0.05) is 24.3 Å². The van der Waals surface area contributed by atoms with Gasteiger partial charge in [-0.1, -0.05) is 19.9 Å². The quantitative estimate of drug-likeness (QED) is 0.833. The number of nitrogens with zero attached hydrogens (tertiary/aromatic N) is 2. The fourth-order valence-corrected chi connectivity index (χ4v) is 2.36. The Balaban J connectivity index is 2.20. The molecule has 2 heterocycles. The molecule has 2 aromatic heterocycles. The van der Waals surface area contributed by atoms with E-state index < -0.39 is 11.9 Å². The average molecular weight is 353 g/mol. The van der Waals surface area contributed by atoms with E-state index in [4.69, 9.17) is 0 Å². The number of aryl methyl sites for hydroxylation is 1. The van der Waals surface area contributed by atoms with Gasteiger partial charge in [0.2, 0.25) is 0 Å². The van der Waals surface area contributed by atoms with Crippen LogP contribution in [0.15, 0.2) is 30.5 Å². The third-order valence-corrected chi connectivity index (χ3v) is 4.08. The molecular formula is C18H22F3N3O. The molecule has 2 aromatic rings. The lowest BCUT2D eigenvalue weighted by molar-refractivity contribution is -0.141. The van der Waals surface area contributed by atoms with Gasteiger partial charge in [-0.2, -0.15) is 13.2 Å². The van der Waals surface area contributed by atoms with Crippen LogP contribution in [0.1, 0.15) is 30.8 Å². The second-order valence-electron chi connectivity index (χ2n) is 6.30. The van der Waals surface area contributed by atoms with Gasteiger partial charge in [0.15, 0.2) is 0 Å². The topological polar surface area (TPSA) is 58.0 Å². The summed E-state index contributed by atoms with van der Waals surface area (Å²) in [5.41, 5.74) is 1.92. The summed E-state index contributed by atoms with van der Waals surface area (Å²) in [6, 6.07) is 5.91. The minimum absolute atomic E-state index is 0.0270. The predicted octanol–water partition coefficient (Wildman–Crippen LogP) is 3.58. The van der Waals surface area contributed by atoms with Gasteiger partial charge in [-0.25, -0.2) is 0 Å². The SMILES string of the molecule is Cc1ccc(-c2ccc(C(F)(F)F)nc2)nc1CN[C@@H](CO)C(C)C. The molecule has 0 unspecified atom stereocenters. The maximum atomic E-state index is 12.6. The number of aliphatic hydroxyl groups excluding tert-OH is 1. The van der Waals surface area contributed by atoms with Crippen LogP contribution in [-0.4, -0.2) is 27.7 Å². The Morgan fingerprint density at radius 1 is 1.16 bits per heavy atom. The Labute approximate surface area is 145 Å².